The Bertz CT molecular complexity index is 135. The molecule has 0 saturated heterocycles. The second-order valence-corrected chi connectivity index (χ2v) is 3.58. The molecule has 0 atom stereocenters. The van der Waals surface area contributed by atoms with Gasteiger partial charge in [0.05, 0.1) is 5.33 Å². The Hall–Kier alpha value is -0.0500. The summed E-state index contributed by atoms with van der Waals surface area (Å²) in [6.07, 6.45) is 3.00. The molecule has 0 aromatic rings. The van der Waals surface area contributed by atoms with Crippen molar-refractivity contribution in [3.63, 3.8) is 0 Å². The van der Waals surface area contributed by atoms with E-state index in [9.17, 15) is 4.79 Å². The Balaban J connectivity index is 4.19. The van der Waals surface area contributed by atoms with Crippen LogP contribution < -0.4 is 5.32 Å². The van der Waals surface area contributed by atoms with Gasteiger partial charge in [0.25, 0.3) is 0 Å². The van der Waals surface area contributed by atoms with E-state index in [1.54, 1.807) is 0 Å². The SMILES string of the molecule is CCC(CC)(CC)NC(=O)CBr. The molecule has 0 rings (SSSR count). The molecule has 72 valence electrons. The highest BCUT2D eigenvalue weighted by molar-refractivity contribution is 9.09. The van der Waals surface area contributed by atoms with Crippen molar-refractivity contribution in [2.75, 3.05) is 5.33 Å². The van der Waals surface area contributed by atoms with Crippen molar-refractivity contribution >= 4 is 21.8 Å². The maximum atomic E-state index is 11.1. The lowest BCUT2D eigenvalue weighted by Crippen LogP contribution is -2.47. The molecule has 0 aliphatic carbocycles. The van der Waals surface area contributed by atoms with Crippen molar-refractivity contribution in [2.45, 2.75) is 45.6 Å². The van der Waals surface area contributed by atoms with Gasteiger partial charge in [0, 0.05) is 5.54 Å². The molecule has 2 nitrogen and oxygen atoms in total. The van der Waals surface area contributed by atoms with Gasteiger partial charge in [-0.3, -0.25) is 4.79 Å². The smallest absolute Gasteiger partial charge is 0.231 e. The number of carbonyl (C=O) groups excluding carboxylic acids is 1. The first-order valence-electron chi connectivity index (χ1n) is 4.51. The summed E-state index contributed by atoms with van der Waals surface area (Å²) in [7, 11) is 0. The Morgan fingerprint density at radius 1 is 1.25 bits per heavy atom. The Morgan fingerprint density at radius 2 is 1.67 bits per heavy atom. The minimum atomic E-state index is 0.0187. The molecule has 0 bridgehead atoms. The molecular weight excluding hydrogens is 218 g/mol. The third-order valence-electron chi connectivity index (χ3n) is 2.56. The quantitative estimate of drug-likeness (QED) is 0.730. The summed E-state index contributed by atoms with van der Waals surface area (Å²) in [5.41, 5.74) is 0.0187. The van der Waals surface area contributed by atoms with Gasteiger partial charge in [0.15, 0.2) is 0 Å². The third-order valence-corrected chi connectivity index (χ3v) is 3.07. The number of rotatable bonds is 5. The number of alkyl halides is 1. The van der Waals surface area contributed by atoms with E-state index in [2.05, 4.69) is 42.0 Å². The van der Waals surface area contributed by atoms with E-state index in [-0.39, 0.29) is 11.4 Å². The van der Waals surface area contributed by atoms with Crippen molar-refractivity contribution in [3.05, 3.63) is 0 Å². The van der Waals surface area contributed by atoms with Crippen LogP contribution in [0.2, 0.25) is 0 Å². The zero-order valence-corrected chi connectivity index (χ0v) is 9.70. The fourth-order valence-corrected chi connectivity index (χ4v) is 1.48. The number of hydrogen-bond donors (Lipinski definition) is 1. The van der Waals surface area contributed by atoms with Crippen LogP contribution in [0.1, 0.15) is 40.0 Å². The molecule has 1 N–H and O–H groups in total. The predicted molar refractivity (Wildman–Crippen MR) is 55.5 cm³/mol. The summed E-state index contributed by atoms with van der Waals surface area (Å²) in [5.74, 6) is 0.0838. The monoisotopic (exact) mass is 235 g/mol. The highest BCUT2D eigenvalue weighted by atomic mass is 79.9. The molecule has 0 aliphatic heterocycles. The molecule has 12 heavy (non-hydrogen) atoms. The van der Waals surface area contributed by atoms with Crippen LogP contribution in [0.5, 0.6) is 0 Å². The molecule has 1 amide bonds. The molecule has 0 heterocycles. The lowest BCUT2D eigenvalue weighted by atomic mass is 9.90. The third kappa shape index (κ3) is 3.13. The van der Waals surface area contributed by atoms with Gasteiger partial charge in [0.1, 0.15) is 0 Å². The minimum Gasteiger partial charge on any atom is -0.350 e. The first-order chi connectivity index (χ1) is 5.64. The van der Waals surface area contributed by atoms with Crippen LogP contribution in [0.15, 0.2) is 0 Å². The van der Waals surface area contributed by atoms with Gasteiger partial charge < -0.3 is 5.32 Å². The van der Waals surface area contributed by atoms with Gasteiger partial charge in [-0.15, -0.1) is 0 Å². The van der Waals surface area contributed by atoms with Gasteiger partial charge >= 0.3 is 0 Å². The normalized spacial score (nSPS) is 11.3. The first kappa shape index (κ1) is 11.9. The van der Waals surface area contributed by atoms with E-state index in [1.165, 1.54) is 0 Å². The van der Waals surface area contributed by atoms with Crippen LogP contribution in [0.3, 0.4) is 0 Å². The van der Waals surface area contributed by atoms with Gasteiger partial charge in [-0.05, 0) is 19.3 Å². The summed E-state index contributed by atoms with van der Waals surface area (Å²) < 4.78 is 0. The zero-order valence-electron chi connectivity index (χ0n) is 8.11. The number of halogens is 1. The van der Waals surface area contributed by atoms with Crippen LogP contribution in [0.25, 0.3) is 0 Å². The Kier molecular flexibility index (Phi) is 5.55. The first-order valence-corrected chi connectivity index (χ1v) is 5.63. The number of nitrogens with one attached hydrogen (secondary N) is 1. The van der Waals surface area contributed by atoms with Crippen LogP contribution in [0.4, 0.5) is 0 Å². The van der Waals surface area contributed by atoms with Gasteiger partial charge in [0.2, 0.25) is 5.91 Å². The highest BCUT2D eigenvalue weighted by Gasteiger charge is 2.24. The number of amides is 1. The van der Waals surface area contributed by atoms with Crippen LogP contribution >= 0.6 is 15.9 Å². The summed E-state index contributed by atoms with van der Waals surface area (Å²) in [6.45, 7) is 6.34. The minimum absolute atomic E-state index is 0.0187. The van der Waals surface area contributed by atoms with Crippen LogP contribution in [-0.2, 0) is 4.79 Å². The van der Waals surface area contributed by atoms with E-state index < -0.39 is 0 Å². The molecule has 0 saturated carbocycles. The van der Waals surface area contributed by atoms with E-state index in [0.717, 1.165) is 19.3 Å². The number of hydrogen-bond acceptors (Lipinski definition) is 1. The molecular formula is C9H18BrNO. The maximum absolute atomic E-state index is 11.1. The fraction of sp³-hybridized carbons (Fsp3) is 0.889. The predicted octanol–water partition coefficient (Wildman–Crippen LogP) is 2.47. The van der Waals surface area contributed by atoms with E-state index in [1.807, 2.05) is 0 Å². The molecule has 0 aromatic carbocycles. The molecule has 0 unspecified atom stereocenters. The van der Waals surface area contributed by atoms with Crippen LogP contribution in [-0.4, -0.2) is 16.8 Å². The summed E-state index contributed by atoms with van der Waals surface area (Å²) >= 11 is 3.14. The van der Waals surface area contributed by atoms with Gasteiger partial charge in [-0.25, -0.2) is 0 Å². The van der Waals surface area contributed by atoms with Crippen molar-refractivity contribution in [1.82, 2.24) is 5.32 Å². The van der Waals surface area contributed by atoms with Crippen molar-refractivity contribution in [3.8, 4) is 0 Å². The summed E-state index contributed by atoms with van der Waals surface area (Å²) in [4.78, 5) is 11.1. The topological polar surface area (TPSA) is 29.1 Å². The summed E-state index contributed by atoms with van der Waals surface area (Å²) in [5, 5.41) is 3.44. The molecule has 0 spiro atoms. The van der Waals surface area contributed by atoms with Gasteiger partial charge in [-0.2, -0.15) is 0 Å². The maximum Gasteiger partial charge on any atom is 0.231 e. The fourth-order valence-electron chi connectivity index (χ4n) is 1.34. The second kappa shape index (κ2) is 5.57. The number of carbonyl (C=O) groups is 1. The Morgan fingerprint density at radius 3 is 1.92 bits per heavy atom. The average Bonchev–Trinajstić information content (AvgIpc) is 2.14. The van der Waals surface area contributed by atoms with E-state index >= 15 is 0 Å². The average molecular weight is 236 g/mol. The summed E-state index contributed by atoms with van der Waals surface area (Å²) in [6, 6.07) is 0. The van der Waals surface area contributed by atoms with Crippen molar-refractivity contribution < 1.29 is 4.79 Å². The molecule has 3 heteroatoms. The molecule has 0 fully saturated rings. The van der Waals surface area contributed by atoms with E-state index in [4.69, 9.17) is 0 Å². The standard InChI is InChI=1S/C9H18BrNO/c1-4-9(5-2,6-3)11-8(12)7-10/h4-7H2,1-3H3,(H,11,12). The molecule has 0 aromatic heterocycles. The lowest BCUT2D eigenvalue weighted by Gasteiger charge is -2.31. The highest BCUT2D eigenvalue weighted by Crippen LogP contribution is 2.18. The van der Waals surface area contributed by atoms with Crippen molar-refractivity contribution in [1.29, 1.82) is 0 Å². The molecule has 0 radical (unpaired) electrons. The molecule has 0 aliphatic rings. The second-order valence-electron chi connectivity index (χ2n) is 3.02. The lowest BCUT2D eigenvalue weighted by molar-refractivity contribution is -0.120. The van der Waals surface area contributed by atoms with E-state index in [0.29, 0.717) is 5.33 Å². The van der Waals surface area contributed by atoms with Gasteiger partial charge in [-0.1, -0.05) is 36.7 Å². The van der Waals surface area contributed by atoms with Crippen LogP contribution in [0, 0.1) is 0 Å². The van der Waals surface area contributed by atoms with Crippen molar-refractivity contribution in [2.24, 2.45) is 0 Å². The Labute approximate surface area is 83.2 Å². The zero-order chi connectivity index (χ0) is 9.61. The largest absolute Gasteiger partial charge is 0.350 e.